The molecule has 1 amide bonds. The van der Waals surface area contributed by atoms with E-state index in [4.69, 9.17) is 14.2 Å². The summed E-state index contributed by atoms with van der Waals surface area (Å²) < 4.78 is 16.3. The highest BCUT2D eigenvalue weighted by molar-refractivity contribution is 7.14. The zero-order valence-corrected chi connectivity index (χ0v) is 16.8. The van der Waals surface area contributed by atoms with Crippen molar-refractivity contribution >= 4 is 22.4 Å². The monoisotopic (exact) mass is 398 g/mol. The number of amides is 1. The zero-order valence-electron chi connectivity index (χ0n) is 16.0. The van der Waals surface area contributed by atoms with Crippen LogP contribution in [0.25, 0.3) is 11.3 Å². The largest absolute Gasteiger partial charge is 0.496 e. The Hall–Kier alpha value is -3.06. The molecule has 0 spiro atoms. The smallest absolute Gasteiger partial charge is 0.264 e. The predicted molar refractivity (Wildman–Crippen MR) is 111 cm³/mol. The van der Waals surface area contributed by atoms with Gasteiger partial charge in [-0.2, -0.15) is 0 Å². The molecular weight excluding hydrogens is 376 g/mol. The first kappa shape index (κ1) is 19.7. The van der Waals surface area contributed by atoms with Crippen molar-refractivity contribution < 1.29 is 19.0 Å². The topological polar surface area (TPSA) is 69.7 Å². The zero-order chi connectivity index (χ0) is 19.9. The second-order valence-corrected chi connectivity index (χ2v) is 6.84. The average molecular weight is 398 g/mol. The fourth-order valence-electron chi connectivity index (χ4n) is 2.58. The van der Waals surface area contributed by atoms with Gasteiger partial charge in [-0.1, -0.05) is 11.6 Å². The molecule has 0 radical (unpaired) electrons. The lowest BCUT2D eigenvalue weighted by molar-refractivity contribution is -0.118. The molecule has 2 aromatic carbocycles. The molecule has 0 aliphatic heterocycles. The minimum absolute atomic E-state index is 0.101. The van der Waals surface area contributed by atoms with Crippen molar-refractivity contribution in [2.45, 2.75) is 13.8 Å². The van der Waals surface area contributed by atoms with Crippen molar-refractivity contribution in [1.82, 2.24) is 4.98 Å². The molecule has 3 aromatic rings. The van der Waals surface area contributed by atoms with E-state index in [1.54, 1.807) is 31.4 Å². The summed E-state index contributed by atoms with van der Waals surface area (Å²) in [5.41, 5.74) is 2.76. The number of aryl methyl sites for hydroxylation is 1. The summed E-state index contributed by atoms with van der Waals surface area (Å²) in [5, 5.41) is 5.17. The maximum absolute atomic E-state index is 12.2. The molecule has 28 heavy (non-hydrogen) atoms. The van der Waals surface area contributed by atoms with Crippen molar-refractivity contribution in [3.63, 3.8) is 0 Å². The van der Waals surface area contributed by atoms with E-state index in [0.717, 1.165) is 28.3 Å². The molecule has 0 fully saturated rings. The van der Waals surface area contributed by atoms with E-state index in [1.807, 2.05) is 37.4 Å². The second-order valence-electron chi connectivity index (χ2n) is 5.98. The van der Waals surface area contributed by atoms with E-state index in [2.05, 4.69) is 10.3 Å². The highest BCUT2D eigenvalue weighted by Crippen LogP contribution is 2.33. The second kappa shape index (κ2) is 9.23. The van der Waals surface area contributed by atoms with Crippen molar-refractivity contribution in [1.29, 1.82) is 0 Å². The van der Waals surface area contributed by atoms with Crippen molar-refractivity contribution in [2.75, 3.05) is 25.6 Å². The predicted octanol–water partition coefficient (Wildman–Crippen LogP) is 4.54. The number of ether oxygens (including phenoxy) is 3. The molecule has 0 unspecified atom stereocenters. The van der Waals surface area contributed by atoms with Crippen LogP contribution in [0.3, 0.4) is 0 Å². The number of carbonyl (C=O) groups excluding carboxylic acids is 1. The molecule has 1 heterocycles. The van der Waals surface area contributed by atoms with Gasteiger partial charge >= 0.3 is 0 Å². The first-order chi connectivity index (χ1) is 13.6. The van der Waals surface area contributed by atoms with Gasteiger partial charge in [-0.25, -0.2) is 4.98 Å². The normalized spacial score (nSPS) is 10.4. The Morgan fingerprint density at radius 3 is 2.50 bits per heavy atom. The lowest BCUT2D eigenvalue weighted by Gasteiger charge is -2.08. The fourth-order valence-corrected chi connectivity index (χ4v) is 3.31. The van der Waals surface area contributed by atoms with Gasteiger partial charge in [0.05, 0.1) is 19.4 Å². The van der Waals surface area contributed by atoms with Gasteiger partial charge in [0.1, 0.15) is 17.2 Å². The summed E-state index contributed by atoms with van der Waals surface area (Å²) in [7, 11) is 1.63. The molecule has 1 N–H and O–H groups in total. The minimum atomic E-state index is -0.272. The number of rotatable bonds is 8. The van der Waals surface area contributed by atoms with Gasteiger partial charge in [-0.15, -0.1) is 11.3 Å². The summed E-state index contributed by atoms with van der Waals surface area (Å²) in [6.45, 7) is 4.44. The number of carbonyl (C=O) groups is 1. The lowest BCUT2D eigenvalue weighted by atomic mass is 10.1. The first-order valence-corrected chi connectivity index (χ1v) is 9.73. The van der Waals surface area contributed by atoms with Crippen LogP contribution < -0.4 is 19.5 Å². The van der Waals surface area contributed by atoms with Crippen LogP contribution in [0.1, 0.15) is 12.5 Å². The van der Waals surface area contributed by atoms with Gasteiger partial charge in [0.2, 0.25) is 0 Å². The molecule has 3 rings (SSSR count). The SMILES string of the molecule is CCOc1ccc(OCC(=O)Nc2nc(-c3cc(C)ccc3OC)cs2)cc1. The highest BCUT2D eigenvalue weighted by Gasteiger charge is 2.12. The molecule has 0 saturated carbocycles. The molecule has 0 bridgehead atoms. The lowest BCUT2D eigenvalue weighted by Crippen LogP contribution is -2.20. The quantitative estimate of drug-likeness (QED) is 0.603. The molecule has 146 valence electrons. The molecule has 7 heteroatoms. The summed E-state index contributed by atoms with van der Waals surface area (Å²) in [6.07, 6.45) is 0. The Morgan fingerprint density at radius 1 is 1.11 bits per heavy atom. The van der Waals surface area contributed by atoms with Crippen LogP contribution in [0, 0.1) is 6.92 Å². The number of methoxy groups -OCH3 is 1. The maximum atomic E-state index is 12.2. The summed E-state index contributed by atoms with van der Waals surface area (Å²) >= 11 is 1.36. The number of hydrogen-bond acceptors (Lipinski definition) is 6. The molecule has 6 nitrogen and oxygen atoms in total. The maximum Gasteiger partial charge on any atom is 0.264 e. The van der Waals surface area contributed by atoms with Gasteiger partial charge in [0.25, 0.3) is 5.91 Å². The standard InChI is InChI=1S/C21H22N2O4S/c1-4-26-15-6-8-16(9-7-15)27-12-20(24)23-21-22-18(13-28-21)17-11-14(2)5-10-19(17)25-3/h5-11,13H,4,12H2,1-3H3,(H,22,23,24). The Morgan fingerprint density at radius 2 is 1.82 bits per heavy atom. The van der Waals surface area contributed by atoms with Crippen LogP contribution in [-0.2, 0) is 4.79 Å². The highest BCUT2D eigenvalue weighted by atomic mass is 32.1. The third kappa shape index (κ3) is 5.01. The average Bonchev–Trinajstić information content (AvgIpc) is 3.16. The van der Waals surface area contributed by atoms with E-state index < -0.39 is 0 Å². The van der Waals surface area contributed by atoms with Gasteiger partial charge in [0, 0.05) is 10.9 Å². The molecule has 0 aliphatic carbocycles. The number of anilines is 1. The van der Waals surface area contributed by atoms with E-state index in [1.165, 1.54) is 11.3 Å². The van der Waals surface area contributed by atoms with Crippen LogP contribution in [0.2, 0.25) is 0 Å². The van der Waals surface area contributed by atoms with Crippen LogP contribution in [0.4, 0.5) is 5.13 Å². The van der Waals surface area contributed by atoms with Crippen LogP contribution in [-0.4, -0.2) is 31.2 Å². The number of thiazole rings is 1. The van der Waals surface area contributed by atoms with Crippen molar-refractivity contribution in [3.8, 4) is 28.5 Å². The van der Waals surface area contributed by atoms with E-state index in [-0.39, 0.29) is 12.5 Å². The summed E-state index contributed by atoms with van der Waals surface area (Å²) in [4.78, 5) is 16.7. The number of benzene rings is 2. The van der Waals surface area contributed by atoms with Gasteiger partial charge in [-0.3, -0.25) is 10.1 Å². The fraction of sp³-hybridized carbons (Fsp3) is 0.238. The van der Waals surface area contributed by atoms with Crippen molar-refractivity contribution in [2.24, 2.45) is 0 Å². The Kier molecular flexibility index (Phi) is 6.49. The van der Waals surface area contributed by atoms with E-state index in [0.29, 0.717) is 17.5 Å². The number of aromatic nitrogens is 1. The first-order valence-electron chi connectivity index (χ1n) is 8.85. The molecule has 0 aliphatic rings. The minimum Gasteiger partial charge on any atom is -0.496 e. The summed E-state index contributed by atoms with van der Waals surface area (Å²) in [5.74, 6) is 1.84. The van der Waals surface area contributed by atoms with Crippen LogP contribution in [0.15, 0.2) is 47.8 Å². The van der Waals surface area contributed by atoms with Crippen molar-refractivity contribution in [3.05, 3.63) is 53.4 Å². The van der Waals surface area contributed by atoms with E-state index in [9.17, 15) is 4.79 Å². The molecule has 0 saturated heterocycles. The molecular formula is C21H22N2O4S. The van der Waals surface area contributed by atoms with Gasteiger partial charge in [-0.05, 0) is 50.2 Å². The Bertz CT molecular complexity index is 938. The third-order valence-corrected chi connectivity index (χ3v) is 4.64. The van der Waals surface area contributed by atoms with Gasteiger partial charge < -0.3 is 14.2 Å². The Balaban J connectivity index is 1.59. The van der Waals surface area contributed by atoms with E-state index >= 15 is 0 Å². The van der Waals surface area contributed by atoms with Crippen LogP contribution >= 0.6 is 11.3 Å². The van der Waals surface area contributed by atoms with Gasteiger partial charge in [0.15, 0.2) is 11.7 Å². The third-order valence-electron chi connectivity index (χ3n) is 3.89. The molecule has 0 atom stereocenters. The molecule has 1 aromatic heterocycles. The Labute approximate surface area is 168 Å². The van der Waals surface area contributed by atoms with Crippen LogP contribution in [0.5, 0.6) is 17.2 Å². The number of nitrogens with one attached hydrogen (secondary N) is 1. The summed E-state index contributed by atoms with van der Waals surface area (Å²) in [6, 6.07) is 13.0. The number of hydrogen-bond donors (Lipinski definition) is 1. The number of nitrogens with zero attached hydrogens (tertiary/aromatic N) is 1.